The van der Waals surface area contributed by atoms with Gasteiger partial charge in [0.15, 0.2) is 5.43 Å². The third kappa shape index (κ3) is 1.80. The minimum Gasteiger partial charge on any atom is -0.496 e. The Balaban J connectivity index is 2.19. The van der Waals surface area contributed by atoms with E-state index in [1.165, 1.54) is 6.07 Å². The molecule has 0 atom stereocenters. The first-order valence-electron chi connectivity index (χ1n) is 5.62. The lowest BCUT2D eigenvalue weighted by Gasteiger charge is -2.09. The van der Waals surface area contributed by atoms with Gasteiger partial charge >= 0.3 is 0 Å². The van der Waals surface area contributed by atoms with E-state index in [-0.39, 0.29) is 5.43 Å². The van der Waals surface area contributed by atoms with Crippen LogP contribution in [0.5, 0.6) is 5.75 Å². The normalized spacial score (nSPS) is 16.3. The number of benzene rings is 1. The van der Waals surface area contributed by atoms with Gasteiger partial charge < -0.3 is 9.15 Å². The molecule has 1 aromatic heterocycles. The Morgan fingerprint density at radius 3 is 2.67 bits per heavy atom. The molecule has 0 amide bonds. The molecule has 0 spiro atoms. The van der Waals surface area contributed by atoms with Crippen molar-refractivity contribution in [3.63, 3.8) is 0 Å². The predicted octanol–water partition coefficient (Wildman–Crippen LogP) is 2.55. The number of rotatable bonds is 2. The Labute approximate surface area is 105 Å². The van der Waals surface area contributed by atoms with Crippen LogP contribution in [0.3, 0.4) is 0 Å². The van der Waals surface area contributed by atoms with Crippen molar-refractivity contribution in [1.82, 2.24) is 0 Å². The summed E-state index contributed by atoms with van der Waals surface area (Å²) in [6.45, 7) is 0. The number of methoxy groups -OCH3 is 1. The molecular formula is C15H11O3. The molecular weight excluding hydrogens is 228 g/mol. The molecule has 1 aliphatic carbocycles. The van der Waals surface area contributed by atoms with E-state index >= 15 is 0 Å². The Kier molecular flexibility index (Phi) is 2.82. The summed E-state index contributed by atoms with van der Waals surface area (Å²) >= 11 is 0. The van der Waals surface area contributed by atoms with Crippen LogP contribution in [0.1, 0.15) is 5.76 Å². The van der Waals surface area contributed by atoms with Gasteiger partial charge in [-0.1, -0.05) is 6.07 Å². The second-order valence-electron chi connectivity index (χ2n) is 3.98. The van der Waals surface area contributed by atoms with Gasteiger partial charge in [0.05, 0.1) is 7.11 Å². The molecule has 3 heteroatoms. The molecule has 1 heterocycles. The van der Waals surface area contributed by atoms with Gasteiger partial charge in [0.25, 0.3) is 0 Å². The topological polar surface area (TPSA) is 39.4 Å². The van der Waals surface area contributed by atoms with Crippen molar-refractivity contribution in [2.24, 2.45) is 0 Å². The second kappa shape index (κ2) is 4.48. The van der Waals surface area contributed by atoms with Crippen molar-refractivity contribution in [3.05, 3.63) is 71.9 Å². The molecule has 3 rings (SSSR count). The van der Waals surface area contributed by atoms with Crippen molar-refractivity contribution < 1.29 is 9.15 Å². The first kappa shape index (κ1) is 11.3. The molecule has 5 radical (unpaired) electrons. The Morgan fingerprint density at radius 1 is 1.17 bits per heavy atom. The van der Waals surface area contributed by atoms with Gasteiger partial charge in [0.1, 0.15) is 22.5 Å². The highest BCUT2D eigenvalue weighted by Crippen LogP contribution is 2.32. The first-order chi connectivity index (χ1) is 8.79. The highest BCUT2D eigenvalue weighted by Gasteiger charge is 2.22. The lowest BCUT2D eigenvalue weighted by Crippen LogP contribution is -2.06. The zero-order chi connectivity index (χ0) is 12.5. The van der Waals surface area contributed by atoms with E-state index < -0.39 is 0 Å². The van der Waals surface area contributed by atoms with Crippen LogP contribution in [0, 0.1) is 31.6 Å². The Bertz CT molecular complexity index is 621. The van der Waals surface area contributed by atoms with Crippen LogP contribution in [0.4, 0.5) is 0 Å². The Morgan fingerprint density at radius 2 is 1.94 bits per heavy atom. The fourth-order valence-electron chi connectivity index (χ4n) is 2.03. The molecule has 0 N–H and O–H groups in total. The summed E-state index contributed by atoms with van der Waals surface area (Å²) in [5, 5.41) is 0.482. The largest absolute Gasteiger partial charge is 0.496 e. The van der Waals surface area contributed by atoms with E-state index in [2.05, 4.69) is 0 Å². The minimum atomic E-state index is -0.0927. The van der Waals surface area contributed by atoms with E-state index in [1.807, 2.05) is 25.7 Å². The summed E-state index contributed by atoms with van der Waals surface area (Å²) in [4.78, 5) is 12.1. The first-order valence-corrected chi connectivity index (χ1v) is 5.62. The van der Waals surface area contributed by atoms with E-state index in [4.69, 9.17) is 9.15 Å². The fourth-order valence-corrected chi connectivity index (χ4v) is 2.03. The van der Waals surface area contributed by atoms with E-state index in [0.29, 0.717) is 22.5 Å². The van der Waals surface area contributed by atoms with Gasteiger partial charge in [-0.3, -0.25) is 4.79 Å². The molecule has 1 saturated carbocycles. The predicted molar refractivity (Wildman–Crippen MR) is 68.6 cm³/mol. The second-order valence-corrected chi connectivity index (χ2v) is 3.98. The molecule has 1 aliphatic rings. The molecule has 1 aromatic carbocycles. The van der Waals surface area contributed by atoms with E-state index in [1.54, 1.807) is 25.3 Å². The lowest BCUT2D eigenvalue weighted by atomic mass is 10.0. The third-order valence-electron chi connectivity index (χ3n) is 2.88. The maximum Gasteiger partial charge on any atom is 0.196 e. The highest BCUT2D eigenvalue weighted by atomic mass is 16.5. The molecule has 0 unspecified atom stereocenters. The lowest BCUT2D eigenvalue weighted by molar-refractivity contribution is 0.418. The fraction of sp³-hybridized carbons (Fsp3) is 0.0667. The van der Waals surface area contributed by atoms with Gasteiger partial charge in [-0.25, -0.2) is 0 Å². The number of hydrogen-bond acceptors (Lipinski definition) is 3. The average molecular weight is 239 g/mol. The van der Waals surface area contributed by atoms with Crippen LogP contribution < -0.4 is 10.2 Å². The van der Waals surface area contributed by atoms with E-state index in [0.717, 1.165) is 5.92 Å². The van der Waals surface area contributed by atoms with Crippen molar-refractivity contribution in [1.29, 1.82) is 0 Å². The highest BCUT2D eigenvalue weighted by molar-refractivity contribution is 5.83. The molecule has 2 aromatic rings. The summed E-state index contributed by atoms with van der Waals surface area (Å²) in [6.07, 6.45) is 7.63. The van der Waals surface area contributed by atoms with E-state index in [9.17, 15) is 4.79 Å². The molecule has 0 saturated heterocycles. The third-order valence-corrected chi connectivity index (χ3v) is 2.88. The number of fused-ring (bicyclic) bond motifs is 1. The van der Waals surface area contributed by atoms with Crippen molar-refractivity contribution in [2.75, 3.05) is 7.11 Å². The van der Waals surface area contributed by atoms with Crippen LogP contribution in [0.25, 0.3) is 11.0 Å². The zero-order valence-electron chi connectivity index (χ0n) is 9.84. The maximum atomic E-state index is 12.1. The monoisotopic (exact) mass is 239 g/mol. The van der Waals surface area contributed by atoms with Crippen LogP contribution in [-0.2, 0) is 0 Å². The number of hydrogen-bond donors (Lipinski definition) is 0. The number of ether oxygens (including phenoxy) is 1. The van der Waals surface area contributed by atoms with Crippen molar-refractivity contribution >= 4 is 11.0 Å². The quantitative estimate of drug-likeness (QED) is 0.808. The van der Waals surface area contributed by atoms with Gasteiger partial charge in [0.2, 0.25) is 0 Å². The summed E-state index contributed by atoms with van der Waals surface area (Å²) < 4.78 is 10.9. The summed E-state index contributed by atoms with van der Waals surface area (Å²) in [5.41, 5.74) is 0.447. The molecule has 18 heavy (non-hydrogen) atoms. The maximum absolute atomic E-state index is 12.1. The summed E-state index contributed by atoms with van der Waals surface area (Å²) in [6, 6.07) is 6.83. The minimum absolute atomic E-state index is 0.0927. The summed E-state index contributed by atoms with van der Waals surface area (Å²) in [7, 11) is 1.54. The summed E-state index contributed by atoms with van der Waals surface area (Å²) in [5.74, 6) is 2.01. The van der Waals surface area contributed by atoms with Crippen molar-refractivity contribution in [3.8, 4) is 5.75 Å². The molecule has 3 nitrogen and oxygen atoms in total. The SMILES string of the molecule is COc1cccc2oc([C]3[CH][CH][CH][CH]3)cc(=O)c12. The van der Waals surface area contributed by atoms with Gasteiger partial charge in [0, 0.05) is 12.0 Å². The van der Waals surface area contributed by atoms with Gasteiger partial charge in [-0.05, 0) is 37.8 Å². The molecule has 89 valence electrons. The van der Waals surface area contributed by atoms with Crippen LogP contribution in [0.15, 0.2) is 33.5 Å². The van der Waals surface area contributed by atoms with Crippen LogP contribution in [0.2, 0.25) is 0 Å². The smallest absolute Gasteiger partial charge is 0.196 e. The van der Waals surface area contributed by atoms with Gasteiger partial charge in [-0.15, -0.1) is 0 Å². The Hall–Kier alpha value is -1.77. The zero-order valence-corrected chi connectivity index (χ0v) is 9.84. The molecule has 1 fully saturated rings. The average Bonchev–Trinajstić information content (AvgIpc) is 2.91. The molecule has 0 bridgehead atoms. The van der Waals surface area contributed by atoms with Crippen LogP contribution >= 0.6 is 0 Å². The van der Waals surface area contributed by atoms with Crippen LogP contribution in [-0.4, -0.2) is 7.11 Å². The van der Waals surface area contributed by atoms with Gasteiger partial charge in [-0.2, -0.15) is 0 Å². The standard InChI is InChI=1S/C15H11O3/c1-17-12-7-4-8-13-15(12)11(16)9-14(18-13)10-5-2-3-6-10/h2-9H,1H3. The van der Waals surface area contributed by atoms with Crippen molar-refractivity contribution in [2.45, 2.75) is 0 Å². The molecule has 0 aliphatic heterocycles.